The van der Waals surface area contributed by atoms with Crippen LogP contribution in [0, 0.1) is 0 Å². The first kappa shape index (κ1) is 15.5. The largest absolute Gasteiger partial charge is 0.494 e. The number of sulfonamides is 1. The highest BCUT2D eigenvalue weighted by Crippen LogP contribution is 2.15. The van der Waals surface area contributed by atoms with E-state index in [0.29, 0.717) is 31.7 Å². The van der Waals surface area contributed by atoms with Crippen molar-refractivity contribution in [3.63, 3.8) is 0 Å². The molecular weight excluding hydrogens is 290 g/mol. The molecule has 114 valence electrons. The molecule has 0 aliphatic carbocycles. The van der Waals surface area contributed by atoms with Crippen molar-refractivity contribution >= 4 is 10.0 Å². The van der Waals surface area contributed by atoms with Crippen molar-refractivity contribution in [2.75, 3.05) is 13.2 Å². The highest BCUT2D eigenvalue weighted by Gasteiger charge is 2.13. The number of imidazole rings is 1. The van der Waals surface area contributed by atoms with E-state index in [1.807, 2.05) is 6.92 Å². The van der Waals surface area contributed by atoms with Gasteiger partial charge in [0.2, 0.25) is 10.0 Å². The summed E-state index contributed by atoms with van der Waals surface area (Å²) in [5.74, 6) is 1.52. The molecule has 0 atom stereocenters. The van der Waals surface area contributed by atoms with E-state index in [4.69, 9.17) is 4.74 Å². The number of hydrogen-bond acceptors (Lipinski definition) is 4. The van der Waals surface area contributed by atoms with Gasteiger partial charge in [0.05, 0.1) is 11.5 Å². The quantitative estimate of drug-likeness (QED) is 0.727. The van der Waals surface area contributed by atoms with Crippen LogP contribution < -0.4 is 9.46 Å². The predicted molar refractivity (Wildman–Crippen MR) is 79.7 cm³/mol. The van der Waals surface area contributed by atoms with Crippen LogP contribution in [0.1, 0.15) is 19.2 Å². The van der Waals surface area contributed by atoms with Gasteiger partial charge in [0, 0.05) is 25.4 Å². The van der Waals surface area contributed by atoms with E-state index >= 15 is 0 Å². The first-order valence-electron chi connectivity index (χ1n) is 6.82. The molecule has 0 saturated carbocycles. The lowest BCUT2D eigenvalue weighted by Crippen LogP contribution is -2.25. The van der Waals surface area contributed by atoms with Crippen LogP contribution in [0.5, 0.6) is 5.75 Å². The Labute approximate surface area is 124 Å². The van der Waals surface area contributed by atoms with Gasteiger partial charge in [-0.3, -0.25) is 0 Å². The van der Waals surface area contributed by atoms with Gasteiger partial charge in [-0.25, -0.2) is 18.1 Å². The Morgan fingerprint density at radius 3 is 2.67 bits per heavy atom. The van der Waals surface area contributed by atoms with Crippen LogP contribution in [0.2, 0.25) is 0 Å². The first-order valence-corrected chi connectivity index (χ1v) is 8.31. The number of hydrogen-bond donors (Lipinski definition) is 2. The summed E-state index contributed by atoms with van der Waals surface area (Å²) in [7, 11) is -3.47. The smallest absolute Gasteiger partial charge is 0.240 e. The molecular formula is C14H19N3O3S. The zero-order valence-corrected chi connectivity index (χ0v) is 12.7. The van der Waals surface area contributed by atoms with E-state index in [9.17, 15) is 8.42 Å². The minimum Gasteiger partial charge on any atom is -0.494 e. The molecule has 1 aromatic heterocycles. The molecule has 0 aliphatic heterocycles. The van der Waals surface area contributed by atoms with Gasteiger partial charge in [-0.2, -0.15) is 0 Å². The number of benzene rings is 1. The summed E-state index contributed by atoms with van der Waals surface area (Å²) in [5, 5.41) is 0. The van der Waals surface area contributed by atoms with E-state index in [1.54, 1.807) is 36.7 Å². The molecule has 0 saturated heterocycles. The molecule has 21 heavy (non-hydrogen) atoms. The number of aromatic amines is 1. The zero-order valence-electron chi connectivity index (χ0n) is 11.9. The van der Waals surface area contributed by atoms with Gasteiger partial charge < -0.3 is 9.72 Å². The molecule has 0 radical (unpaired) electrons. The first-order chi connectivity index (χ1) is 10.1. The lowest BCUT2D eigenvalue weighted by atomic mass is 10.3. The second-order valence-electron chi connectivity index (χ2n) is 4.44. The number of aryl methyl sites for hydroxylation is 1. The van der Waals surface area contributed by atoms with E-state index in [1.165, 1.54) is 0 Å². The summed E-state index contributed by atoms with van der Waals surface area (Å²) in [4.78, 5) is 7.31. The number of ether oxygens (including phenoxy) is 1. The highest BCUT2D eigenvalue weighted by molar-refractivity contribution is 7.89. The summed E-state index contributed by atoms with van der Waals surface area (Å²) < 4.78 is 32.0. The second kappa shape index (κ2) is 7.24. The number of rotatable bonds is 8. The molecule has 0 spiro atoms. The molecule has 0 bridgehead atoms. The maximum Gasteiger partial charge on any atom is 0.240 e. The maximum atomic E-state index is 12.1. The zero-order chi connectivity index (χ0) is 15.1. The molecule has 0 amide bonds. The van der Waals surface area contributed by atoms with E-state index in [2.05, 4.69) is 14.7 Å². The summed E-state index contributed by atoms with van der Waals surface area (Å²) in [5.41, 5.74) is 0. The van der Waals surface area contributed by atoms with E-state index in [0.717, 1.165) is 5.82 Å². The van der Waals surface area contributed by atoms with Crippen molar-refractivity contribution in [2.24, 2.45) is 0 Å². The van der Waals surface area contributed by atoms with Crippen molar-refractivity contribution in [1.82, 2.24) is 14.7 Å². The predicted octanol–water partition coefficient (Wildman–Crippen LogP) is 1.72. The average molecular weight is 309 g/mol. The maximum absolute atomic E-state index is 12.1. The van der Waals surface area contributed by atoms with Gasteiger partial charge in [-0.1, -0.05) is 0 Å². The Morgan fingerprint density at radius 2 is 2.05 bits per heavy atom. The second-order valence-corrected chi connectivity index (χ2v) is 6.21. The highest BCUT2D eigenvalue weighted by atomic mass is 32.2. The summed E-state index contributed by atoms with van der Waals surface area (Å²) in [6, 6.07) is 6.39. The number of nitrogens with one attached hydrogen (secondary N) is 2. The topological polar surface area (TPSA) is 84.1 Å². The lowest BCUT2D eigenvalue weighted by Gasteiger charge is -2.07. The third kappa shape index (κ3) is 4.57. The van der Waals surface area contributed by atoms with Crippen LogP contribution >= 0.6 is 0 Å². The van der Waals surface area contributed by atoms with Crippen LogP contribution in [-0.4, -0.2) is 31.5 Å². The molecule has 2 aromatic rings. The minimum atomic E-state index is -3.47. The Kier molecular flexibility index (Phi) is 5.35. The van der Waals surface area contributed by atoms with Gasteiger partial charge in [0.15, 0.2) is 0 Å². The monoisotopic (exact) mass is 309 g/mol. The van der Waals surface area contributed by atoms with Crippen molar-refractivity contribution in [3.05, 3.63) is 42.5 Å². The molecule has 1 aromatic carbocycles. The Balaban J connectivity index is 1.85. The minimum absolute atomic E-state index is 0.240. The summed E-state index contributed by atoms with van der Waals surface area (Å²) in [6.45, 7) is 2.80. The number of H-pyrrole nitrogens is 1. The van der Waals surface area contributed by atoms with Crippen molar-refractivity contribution in [2.45, 2.75) is 24.7 Å². The van der Waals surface area contributed by atoms with Gasteiger partial charge in [-0.05, 0) is 37.6 Å². The van der Waals surface area contributed by atoms with Crippen LogP contribution in [0.15, 0.2) is 41.6 Å². The van der Waals surface area contributed by atoms with Crippen LogP contribution in [0.3, 0.4) is 0 Å². The lowest BCUT2D eigenvalue weighted by molar-refractivity contribution is 0.340. The molecule has 2 N–H and O–H groups in total. The SMILES string of the molecule is CCOc1ccc(S(=O)(=O)NCCCc2ncc[nH]2)cc1. The Bertz CT molecular complexity index is 637. The summed E-state index contributed by atoms with van der Waals surface area (Å²) in [6.07, 6.45) is 4.82. The molecule has 1 heterocycles. The van der Waals surface area contributed by atoms with Crippen LogP contribution in [-0.2, 0) is 16.4 Å². The molecule has 0 aliphatic rings. The van der Waals surface area contributed by atoms with Gasteiger partial charge in [0.1, 0.15) is 11.6 Å². The van der Waals surface area contributed by atoms with Gasteiger partial charge in [0.25, 0.3) is 0 Å². The van der Waals surface area contributed by atoms with Crippen molar-refractivity contribution in [1.29, 1.82) is 0 Å². The molecule has 0 fully saturated rings. The van der Waals surface area contributed by atoms with Gasteiger partial charge >= 0.3 is 0 Å². The van der Waals surface area contributed by atoms with E-state index < -0.39 is 10.0 Å². The standard InChI is InChI=1S/C14H19N3O3S/c1-2-20-12-5-7-13(8-6-12)21(18,19)17-9-3-4-14-15-10-11-16-14/h5-8,10-11,17H,2-4,9H2,1H3,(H,15,16). The van der Waals surface area contributed by atoms with Crippen LogP contribution in [0.25, 0.3) is 0 Å². The van der Waals surface area contributed by atoms with Crippen molar-refractivity contribution in [3.8, 4) is 5.75 Å². The fourth-order valence-corrected chi connectivity index (χ4v) is 2.94. The Morgan fingerprint density at radius 1 is 1.29 bits per heavy atom. The summed E-state index contributed by atoms with van der Waals surface area (Å²) >= 11 is 0. The fourth-order valence-electron chi connectivity index (χ4n) is 1.86. The molecule has 0 unspecified atom stereocenters. The average Bonchev–Trinajstić information content (AvgIpc) is 2.98. The van der Waals surface area contributed by atoms with Gasteiger partial charge in [-0.15, -0.1) is 0 Å². The van der Waals surface area contributed by atoms with E-state index in [-0.39, 0.29) is 4.90 Å². The molecule has 7 heteroatoms. The van der Waals surface area contributed by atoms with Crippen LogP contribution in [0.4, 0.5) is 0 Å². The normalized spacial score (nSPS) is 11.5. The third-order valence-electron chi connectivity index (χ3n) is 2.88. The number of nitrogens with zero attached hydrogens (tertiary/aromatic N) is 1. The number of aromatic nitrogens is 2. The molecule has 2 rings (SSSR count). The Hall–Kier alpha value is -1.86. The third-order valence-corrected chi connectivity index (χ3v) is 4.36. The fraction of sp³-hybridized carbons (Fsp3) is 0.357. The van der Waals surface area contributed by atoms with Crippen molar-refractivity contribution < 1.29 is 13.2 Å². The molecule has 6 nitrogen and oxygen atoms in total.